The molecule has 4 N–H and O–H groups in total. The van der Waals surface area contributed by atoms with Crippen LogP contribution in [-0.2, 0) is 10.0 Å². The van der Waals surface area contributed by atoms with Gasteiger partial charge in [-0.25, -0.2) is 18.5 Å². The van der Waals surface area contributed by atoms with Crippen molar-refractivity contribution in [3.63, 3.8) is 0 Å². The van der Waals surface area contributed by atoms with Gasteiger partial charge in [-0.3, -0.25) is 0 Å². The second kappa shape index (κ2) is 4.87. The van der Waals surface area contributed by atoms with E-state index in [1.54, 1.807) is 19.9 Å². The predicted molar refractivity (Wildman–Crippen MR) is 72.3 cm³/mol. The van der Waals surface area contributed by atoms with Crippen LogP contribution in [0.5, 0.6) is 0 Å². The fourth-order valence-electron chi connectivity index (χ4n) is 1.56. The Bertz CT molecular complexity index is 723. The van der Waals surface area contributed by atoms with E-state index in [4.69, 9.17) is 15.3 Å². The summed E-state index contributed by atoms with van der Waals surface area (Å²) in [4.78, 5) is 4.80. The maximum atomic E-state index is 11.5. The largest absolute Gasteiger partial charge is 0.439 e. The molecule has 0 aliphatic rings. The number of oxazole rings is 1. The van der Waals surface area contributed by atoms with Crippen LogP contribution in [0.4, 0.5) is 5.69 Å². The van der Waals surface area contributed by atoms with Gasteiger partial charge in [0.15, 0.2) is 0 Å². The van der Waals surface area contributed by atoms with Crippen molar-refractivity contribution >= 4 is 27.5 Å². The second-order valence-electron chi connectivity index (χ2n) is 4.04. The SMILES string of the molecule is Cc1coc(Sc2cc(N)cc(S(N)(=O)=O)c2C)n1. The molecule has 2 aromatic rings. The Kier molecular flexibility index (Phi) is 3.57. The molecule has 0 bridgehead atoms. The lowest BCUT2D eigenvalue weighted by atomic mass is 10.2. The lowest BCUT2D eigenvalue weighted by Crippen LogP contribution is -2.14. The monoisotopic (exact) mass is 299 g/mol. The number of hydrogen-bond donors (Lipinski definition) is 2. The highest BCUT2D eigenvalue weighted by molar-refractivity contribution is 7.99. The van der Waals surface area contributed by atoms with E-state index >= 15 is 0 Å². The van der Waals surface area contributed by atoms with Gasteiger partial charge in [-0.15, -0.1) is 0 Å². The fourth-order valence-corrected chi connectivity index (χ4v) is 3.39. The highest BCUT2D eigenvalue weighted by Gasteiger charge is 2.17. The highest BCUT2D eigenvalue weighted by Crippen LogP contribution is 2.34. The Morgan fingerprint density at radius 2 is 2.00 bits per heavy atom. The number of benzene rings is 1. The first-order valence-electron chi connectivity index (χ1n) is 5.30. The van der Waals surface area contributed by atoms with E-state index < -0.39 is 10.0 Å². The van der Waals surface area contributed by atoms with Gasteiger partial charge in [0.1, 0.15) is 6.26 Å². The Labute approximate surface area is 115 Å². The summed E-state index contributed by atoms with van der Waals surface area (Å²) in [6, 6.07) is 3.00. The van der Waals surface area contributed by atoms with Crippen molar-refractivity contribution in [2.24, 2.45) is 5.14 Å². The van der Waals surface area contributed by atoms with E-state index in [1.165, 1.54) is 24.1 Å². The zero-order valence-electron chi connectivity index (χ0n) is 10.4. The van der Waals surface area contributed by atoms with Crippen LogP contribution in [0.2, 0.25) is 0 Å². The molecule has 6 nitrogen and oxygen atoms in total. The van der Waals surface area contributed by atoms with Crippen LogP contribution in [0.1, 0.15) is 11.3 Å². The maximum Gasteiger partial charge on any atom is 0.260 e. The summed E-state index contributed by atoms with van der Waals surface area (Å²) in [6.07, 6.45) is 1.52. The molecule has 0 aliphatic carbocycles. The van der Waals surface area contributed by atoms with Crippen LogP contribution in [0.15, 0.2) is 37.8 Å². The molecule has 1 aromatic heterocycles. The molecular weight excluding hydrogens is 286 g/mol. The maximum absolute atomic E-state index is 11.5. The van der Waals surface area contributed by atoms with E-state index in [-0.39, 0.29) is 4.90 Å². The third kappa shape index (κ3) is 3.09. The van der Waals surface area contributed by atoms with Gasteiger partial charge in [0.05, 0.1) is 10.6 Å². The topological polar surface area (TPSA) is 112 Å². The molecule has 102 valence electrons. The first-order valence-corrected chi connectivity index (χ1v) is 7.66. The number of nitrogens with two attached hydrogens (primary N) is 2. The normalized spacial score (nSPS) is 11.7. The van der Waals surface area contributed by atoms with Crippen molar-refractivity contribution in [2.75, 3.05) is 5.73 Å². The first-order chi connectivity index (χ1) is 8.77. The van der Waals surface area contributed by atoms with Gasteiger partial charge < -0.3 is 10.2 Å². The minimum Gasteiger partial charge on any atom is -0.439 e. The molecule has 0 unspecified atom stereocenters. The molecule has 0 radical (unpaired) electrons. The number of hydrogen-bond acceptors (Lipinski definition) is 6. The van der Waals surface area contributed by atoms with Gasteiger partial charge in [0, 0.05) is 10.6 Å². The highest BCUT2D eigenvalue weighted by atomic mass is 32.2. The first kappa shape index (κ1) is 13.9. The van der Waals surface area contributed by atoms with Gasteiger partial charge in [0.25, 0.3) is 5.22 Å². The van der Waals surface area contributed by atoms with Crippen molar-refractivity contribution in [3.05, 3.63) is 29.7 Å². The minimum absolute atomic E-state index is 0.0123. The quantitative estimate of drug-likeness (QED) is 0.834. The number of sulfonamides is 1. The smallest absolute Gasteiger partial charge is 0.260 e. The third-order valence-electron chi connectivity index (χ3n) is 2.44. The minimum atomic E-state index is -3.81. The lowest BCUT2D eigenvalue weighted by molar-refractivity contribution is 0.454. The number of primary sulfonamides is 1. The molecule has 1 aromatic carbocycles. The molecule has 0 amide bonds. The van der Waals surface area contributed by atoms with E-state index in [0.29, 0.717) is 21.4 Å². The standard InChI is InChI=1S/C11H13N3O3S2/c1-6-5-17-11(14-6)18-9-3-8(12)4-10(7(9)2)19(13,15)16/h3-5H,12H2,1-2H3,(H2,13,15,16). The summed E-state index contributed by atoms with van der Waals surface area (Å²) >= 11 is 1.20. The fraction of sp³-hybridized carbons (Fsp3) is 0.182. The molecule has 0 aliphatic heterocycles. The van der Waals surface area contributed by atoms with E-state index in [1.807, 2.05) is 0 Å². The van der Waals surface area contributed by atoms with Crippen molar-refractivity contribution in [2.45, 2.75) is 28.9 Å². The van der Waals surface area contributed by atoms with Crippen molar-refractivity contribution in [3.8, 4) is 0 Å². The molecule has 1 heterocycles. The summed E-state index contributed by atoms with van der Waals surface area (Å²) < 4.78 is 28.2. The number of aromatic nitrogens is 1. The number of nitrogen functional groups attached to an aromatic ring is 1. The Hall–Kier alpha value is -1.51. The van der Waals surface area contributed by atoms with E-state index in [2.05, 4.69) is 4.98 Å². The summed E-state index contributed by atoms with van der Waals surface area (Å²) in [5.41, 5.74) is 7.29. The van der Waals surface area contributed by atoms with Crippen molar-refractivity contribution in [1.82, 2.24) is 4.98 Å². The summed E-state index contributed by atoms with van der Waals surface area (Å²) in [6.45, 7) is 3.47. The Morgan fingerprint density at radius 1 is 1.32 bits per heavy atom. The van der Waals surface area contributed by atoms with Gasteiger partial charge in [-0.1, -0.05) is 0 Å². The molecule has 0 fully saturated rings. The van der Waals surface area contributed by atoms with Crippen molar-refractivity contribution < 1.29 is 12.8 Å². The summed E-state index contributed by atoms with van der Waals surface area (Å²) in [5.74, 6) is 0. The average molecular weight is 299 g/mol. The number of aryl methyl sites for hydroxylation is 1. The van der Waals surface area contributed by atoms with Crippen LogP contribution < -0.4 is 10.9 Å². The van der Waals surface area contributed by atoms with Crippen LogP contribution in [0.25, 0.3) is 0 Å². The summed E-state index contributed by atoms with van der Waals surface area (Å²) in [7, 11) is -3.81. The number of rotatable bonds is 3. The average Bonchev–Trinajstić information content (AvgIpc) is 2.67. The number of nitrogens with zero attached hydrogens (tertiary/aromatic N) is 1. The molecule has 0 saturated heterocycles. The predicted octanol–water partition coefficient (Wildman–Crippen LogP) is 1.67. The Morgan fingerprint density at radius 3 is 2.53 bits per heavy atom. The van der Waals surface area contributed by atoms with Gasteiger partial charge in [-0.2, -0.15) is 0 Å². The van der Waals surface area contributed by atoms with Gasteiger partial charge >= 0.3 is 0 Å². The molecule has 19 heavy (non-hydrogen) atoms. The van der Waals surface area contributed by atoms with E-state index in [9.17, 15) is 8.42 Å². The van der Waals surface area contributed by atoms with E-state index in [0.717, 1.165) is 5.69 Å². The third-order valence-corrected chi connectivity index (χ3v) is 4.48. The van der Waals surface area contributed by atoms with Gasteiger partial charge in [0.2, 0.25) is 10.0 Å². The van der Waals surface area contributed by atoms with Crippen LogP contribution in [0.3, 0.4) is 0 Å². The number of anilines is 1. The molecule has 0 atom stereocenters. The second-order valence-corrected chi connectivity index (χ2v) is 6.57. The van der Waals surface area contributed by atoms with Crippen LogP contribution in [0, 0.1) is 13.8 Å². The lowest BCUT2D eigenvalue weighted by Gasteiger charge is -2.09. The van der Waals surface area contributed by atoms with Crippen molar-refractivity contribution in [1.29, 1.82) is 0 Å². The molecule has 8 heteroatoms. The molecular formula is C11H13N3O3S2. The molecule has 0 spiro atoms. The van der Waals surface area contributed by atoms with Gasteiger partial charge in [-0.05, 0) is 43.3 Å². The Balaban J connectivity index is 2.49. The van der Waals surface area contributed by atoms with Crippen LogP contribution in [-0.4, -0.2) is 13.4 Å². The van der Waals surface area contributed by atoms with Crippen LogP contribution >= 0.6 is 11.8 Å². The molecule has 0 saturated carbocycles. The zero-order valence-corrected chi connectivity index (χ0v) is 12.0. The molecule has 2 rings (SSSR count). The summed E-state index contributed by atoms with van der Waals surface area (Å²) in [5, 5.41) is 5.58. The zero-order chi connectivity index (χ0) is 14.2.